The molecule has 1 N–H and O–H groups in total. The lowest BCUT2D eigenvalue weighted by Gasteiger charge is -2.39. The summed E-state index contributed by atoms with van der Waals surface area (Å²) in [6.45, 7) is 1.27. The van der Waals surface area contributed by atoms with Crippen molar-refractivity contribution in [2.75, 3.05) is 7.11 Å². The molecule has 1 unspecified atom stereocenters. The van der Waals surface area contributed by atoms with Crippen LogP contribution >= 0.6 is 0 Å². The average Bonchev–Trinajstić information content (AvgIpc) is 2.98. The van der Waals surface area contributed by atoms with E-state index < -0.39 is 42.1 Å². The van der Waals surface area contributed by atoms with Crippen LogP contribution in [0.3, 0.4) is 0 Å². The molecule has 7 heteroatoms. The number of carbonyl (C=O) groups excluding carboxylic acids is 2. The van der Waals surface area contributed by atoms with E-state index in [1.54, 1.807) is 0 Å². The number of fused-ring (bicyclic) bond motifs is 1. The third kappa shape index (κ3) is 3.15. The van der Waals surface area contributed by atoms with Crippen molar-refractivity contribution >= 4 is 11.9 Å². The van der Waals surface area contributed by atoms with E-state index in [1.165, 1.54) is 14.0 Å². The lowest BCUT2D eigenvalue weighted by molar-refractivity contribution is -0.187. The Hall–Kier alpha value is -1.96. The molecule has 1 aromatic rings. The number of benzene rings is 1. The smallest absolute Gasteiger partial charge is 0.338 e. The van der Waals surface area contributed by atoms with E-state index in [4.69, 9.17) is 14.2 Å². The molecule has 2 aliphatic rings. The molecular formula is C17H20O7. The van der Waals surface area contributed by atoms with Crippen molar-refractivity contribution in [3.05, 3.63) is 35.9 Å². The van der Waals surface area contributed by atoms with Crippen LogP contribution in [-0.4, -0.2) is 48.1 Å². The number of hydrogen-bond acceptors (Lipinski definition) is 7. The van der Waals surface area contributed by atoms with E-state index in [2.05, 4.69) is 4.74 Å². The minimum absolute atomic E-state index is 0.0193. The van der Waals surface area contributed by atoms with E-state index in [1.807, 2.05) is 30.3 Å². The number of aliphatic hydroxyl groups is 1. The Balaban J connectivity index is 1.84. The fourth-order valence-electron chi connectivity index (χ4n) is 3.30. The summed E-state index contributed by atoms with van der Waals surface area (Å²) < 4.78 is 21.7. The molecule has 1 aromatic carbocycles. The summed E-state index contributed by atoms with van der Waals surface area (Å²) in [4.78, 5) is 23.3. The van der Waals surface area contributed by atoms with Crippen LogP contribution in [-0.2, 0) is 28.5 Å². The van der Waals surface area contributed by atoms with Crippen LogP contribution in [0.25, 0.3) is 0 Å². The van der Waals surface area contributed by atoms with Gasteiger partial charge in [0.1, 0.15) is 12.2 Å². The molecule has 0 aromatic heterocycles. The van der Waals surface area contributed by atoms with Crippen molar-refractivity contribution in [3.8, 4) is 0 Å². The predicted octanol–water partition coefficient (Wildman–Crippen LogP) is 1.10. The third-order valence-electron chi connectivity index (χ3n) is 4.34. The Labute approximate surface area is 139 Å². The van der Waals surface area contributed by atoms with E-state index >= 15 is 0 Å². The Morgan fingerprint density at radius 2 is 1.92 bits per heavy atom. The molecule has 1 aliphatic carbocycles. The van der Waals surface area contributed by atoms with Crippen molar-refractivity contribution in [2.24, 2.45) is 0 Å². The maximum atomic E-state index is 12.0. The molecule has 0 amide bonds. The first kappa shape index (κ1) is 16.9. The molecule has 1 saturated carbocycles. The molecule has 0 radical (unpaired) electrons. The Kier molecular flexibility index (Phi) is 4.58. The summed E-state index contributed by atoms with van der Waals surface area (Å²) in [6, 6.07) is 9.31. The van der Waals surface area contributed by atoms with Crippen molar-refractivity contribution < 1.29 is 33.6 Å². The zero-order valence-corrected chi connectivity index (χ0v) is 13.5. The maximum absolute atomic E-state index is 12.0. The van der Waals surface area contributed by atoms with Gasteiger partial charge in [0.05, 0.1) is 13.2 Å². The zero-order chi connectivity index (χ0) is 17.3. The summed E-state index contributed by atoms with van der Waals surface area (Å²) in [7, 11) is 1.20. The molecule has 1 saturated heterocycles. The van der Waals surface area contributed by atoms with Gasteiger partial charge >= 0.3 is 11.9 Å². The largest absolute Gasteiger partial charge is 0.467 e. The second-order valence-electron chi connectivity index (χ2n) is 6.10. The lowest BCUT2D eigenvalue weighted by Crippen LogP contribution is -2.56. The number of ether oxygens (including phenoxy) is 4. The number of esters is 2. The van der Waals surface area contributed by atoms with Gasteiger partial charge in [-0.25, -0.2) is 4.79 Å². The van der Waals surface area contributed by atoms with Gasteiger partial charge in [0.15, 0.2) is 11.9 Å². The predicted molar refractivity (Wildman–Crippen MR) is 80.7 cm³/mol. The van der Waals surface area contributed by atoms with Gasteiger partial charge < -0.3 is 24.1 Å². The summed E-state index contributed by atoms with van der Waals surface area (Å²) >= 11 is 0. The fourth-order valence-corrected chi connectivity index (χ4v) is 3.30. The second-order valence-corrected chi connectivity index (χ2v) is 6.10. The van der Waals surface area contributed by atoms with Crippen LogP contribution in [0, 0.1) is 0 Å². The average molecular weight is 336 g/mol. The Morgan fingerprint density at radius 1 is 1.21 bits per heavy atom. The summed E-state index contributed by atoms with van der Waals surface area (Å²) in [5, 5.41) is 10.6. The van der Waals surface area contributed by atoms with Crippen LogP contribution in [0.1, 0.15) is 31.6 Å². The van der Waals surface area contributed by atoms with Gasteiger partial charge in [-0.3, -0.25) is 4.79 Å². The first-order valence-corrected chi connectivity index (χ1v) is 7.77. The van der Waals surface area contributed by atoms with E-state index in [0.29, 0.717) is 0 Å². The summed E-state index contributed by atoms with van der Waals surface area (Å²) in [5.74, 6) is -1.29. The molecule has 5 atom stereocenters. The standard InChI is InChI=1S/C17H20O7/c1-10(18)22-12-8-17(20,16(19)21-2)9-13-14(12)24-15(23-13)11-6-4-3-5-7-11/h3-7,12-15,20H,8-9H2,1-2H3/t12-,13-,14+,15?,17-/m1/s1. The van der Waals surface area contributed by atoms with Crippen LogP contribution < -0.4 is 0 Å². The molecular weight excluding hydrogens is 316 g/mol. The van der Waals surface area contributed by atoms with E-state index in [0.717, 1.165) is 5.56 Å². The highest BCUT2D eigenvalue weighted by Crippen LogP contribution is 2.43. The van der Waals surface area contributed by atoms with Crippen LogP contribution in [0.2, 0.25) is 0 Å². The van der Waals surface area contributed by atoms with Crippen molar-refractivity contribution in [2.45, 2.75) is 50.0 Å². The molecule has 1 heterocycles. The van der Waals surface area contributed by atoms with Gasteiger partial charge in [-0.15, -0.1) is 0 Å². The second kappa shape index (κ2) is 6.51. The number of hydrogen-bond donors (Lipinski definition) is 1. The Bertz CT molecular complexity index is 617. The molecule has 2 fully saturated rings. The highest BCUT2D eigenvalue weighted by Gasteiger charge is 2.56. The minimum Gasteiger partial charge on any atom is -0.467 e. The van der Waals surface area contributed by atoms with Gasteiger partial charge in [0, 0.05) is 25.3 Å². The van der Waals surface area contributed by atoms with Gasteiger partial charge in [-0.1, -0.05) is 30.3 Å². The number of methoxy groups -OCH3 is 1. The zero-order valence-electron chi connectivity index (χ0n) is 13.5. The lowest BCUT2D eigenvalue weighted by atomic mass is 9.79. The number of rotatable bonds is 3. The molecule has 0 bridgehead atoms. The van der Waals surface area contributed by atoms with Gasteiger partial charge in [0.2, 0.25) is 0 Å². The fraction of sp³-hybridized carbons (Fsp3) is 0.529. The first-order chi connectivity index (χ1) is 11.4. The number of carbonyl (C=O) groups is 2. The van der Waals surface area contributed by atoms with Gasteiger partial charge in [-0.05, 0) is 0 Å². The molecule has 7 nitrogen and oxygen atoms in total. The normalized spacial score (nSPS) is 35.1. The molecule has 130 valence electrons. The van der Waals surface area contributed by atoms with Gasteiger partial charge in [-0.2, -0.15) is 0 Å². The SMILES string of the molecule is COC(=O)[C@@]1(O)C[C@@H](OC(C)=O)[C@@H]2OC(c3ccccc3)O[C@@H]2C1. The molecule has 3 rings (SSSR count). The highest BCUT2D eigenvalue weighted by atomic mass is 16.7. The van der Waals surface area contributed by atoms with Crippen LogP contribution in [0.5, 0.6) is 0 Å². The van der Waals surface area contributed by atoms with Crippen molar-refractivity contribution in [3.63, 3.8) is 0 Å². The highest BCUT2D eigenvalue weighted by molar-refractivity contribution is 5.79. The van der Waals surface area contributed by atoms with Crippen LogP contribution in [0.15, 0.2) is 30.3 Å². The van der Waals surface area contributed by atoms with Crippen molar-refractivity contribution in [1.29, 1.82) is 0 Å². The van der Waals surface area contributed by atoms with E-state index in [-0.39, 0.29) is 12.8 Å². The maximum Gasteiger partial charge on any atom is 0.338 e. The van der Waals surface area contributed by atoms with Crippen LogP contribution in [0.4, 0.5) is 0 Å². The van der Waals surface area contributed by atoms with Gasteiger partial charge in [0.25, 0.3) is 0 Å². The third-order valence-corrected chi connectivity index (χ3v) is 4.34. The minimum atomic E-state index is -1.77. The summed E-state index contributed by atoms with van der Waals surface area (Å²) in [5.41, 5.74) is -0.958. The van der Waals surface area contributed by atoms with E-state index in [9.17, 15) is 14.7 Å². The molecule has 1 aliphatic heterocycles. The first-order valence-electron chi connectivity index (χ1n) is 7.77. The Morgan fingerprint density at radius 3 is 2.54 bits per heavy atom. The quantitative estimate of drug-likeness (QED) is 0.826. The molecule has 24 heavy (non-hydrogen) atoms. The molecule has 0 spiro atoms. The topological polar surface area (TPSA) is 91.3 Å². The van der Waals surface area contributed by atoms with Crippen molar-refractivity contribution in [1.82, 2.24) is 0 Å². The summed E-state index contributed by atoms with van der Waals surface area (Å²) in [6.07, 6.45) is -2.64. The monoisotopic (exact) mass is 336 g/mol.